The Morgan fingerprint density at radius 2 is 1.88 bits per heavy atom. The summed E-state index contributed by atoms with van der Waals surface area (Å²) in [6.07, 6.45) is 5.18. The summed E-state index contributed by atoms with van der Waals surface area (Å²) in [4.78, 5) is 18.2. The molecule has 136 valence electrons. The molecule has 1 fully saturated rings. The van der Waals surface area contributed by atoms with Gasteiger partial charge in [0.25, 0.3) is 5.91 Å². The van der Waals surface area contributed by atoms with Gasteiger partial charge in [-0.15, -0.1) is 11.3 Å². The van der Waals surface area contributed by atoms with Gasteiger partial charge in [-0.05, 0) is 31.9 Å². The van der Waals surface area contributed by atoms with Crippen LogP contribution in [-0.4, -0.2) is 22.5 Å². The van der Waals surface area contributed by atoms with Gasteiger partial charge >= 0.3 is 0 Å². The Kier molecular flexibility index (Phi) is 4.53. The molecular weight excluding hydrogens is 368 g/mol. The molecule has 0 radical (unpaired) electrons. The van der Waals surface area contributed by atoms with Crippen LogP contribution in [0.5, 0.6) is 0 Å². The van der Waals surface area contributed by atoms with Crippen molar-refractivity contribution >= 4 is 34.4 Å². The minimum absolute atomic E-state index is 0.227. The number of aryl methyl sites for hydroxylation is 1. The lowest BCUT2D eigenvalue weighted by Crippen LogP contribution is -2.46. The highest BCUT2D eigenvalue weighted by molar-refractivity contribution is 7.15. The summed E-state index contributed by atoms with van der Waals surface area (Å²) in [5.74, 6) is 0.00626. The average molecular weight is 389 g/mol. The number of hydrogen-bond donors (Lipinski definition) is 2. The zero-order valence-electron chi connectivity index (χ0n) is 14.6. The van der Waals surface area contributed by atoms with Crippen molar-refractivity contribution in [2.75, 3.05) is 6.54 Å². The zero-order chi connectivity index (χ0) is 18.3. The van der Waals surface area contributed by atoms with Crippen LogP contribution in [0.2, 0.25) is 5.02 Å². The molecule has 2 aliphatic rings. The molecule has 0 atom stereocenters. The lowest BCUT2D eigenvalue weighted by molar-refractivity contribution is -0.117. The molecule has 1 aliphatic carbocycles. The number of amides is 1. The van der Waals surface area contributed by atoms with E-state index >= 15 is 0 Å². The van der Waals surface area contributed by atoms with Crippen molar-refractivity contribution in [1.82, 2.24) is 10.3 Å². The highest BCUT2D eigenvalue weighted by atomic mass is 35.5. The van der Waals surface area contributed by atoms with Crippen LogP contribution >= 0.6 is 22.9 Å². The van der Waals surface area contributed by atoms with Gasteiger partial charge in [-0.1, -0.05) is 43.0 Å². The second-order valence-corrected chi connectivity index (χ2v) is 8.82. The highest BCUT2D eigenvalue weighted by Crippen LogP contribution is 2.46. The maximum absolute atomic E-state index is 12.6. The first-order valence-corrected chi connectivity index (χ1v) is 10.2. The number of halogens is 1. The zero-order valence-corrected chi connectivity index (χ0v) is 16.2. The number of rotatable bonds is 2. The molecule has 1 aromatic heterocycles. The maximum Gasteiger partial charge on any atom is 0.256 e. The van der Waals surface area contributed by atoms with E-state index < -0.39 is 0 Å². The molecule has 0 unspecified atom stereocenters. The number of aromatic nitrogens is 1. The Bertz CT molecular complexity index is 880. The van der Waals surface area contributed by atoms with E-state index in [-0.39, 0.29) is 17.1 Å². The number of benzene rings is 1. The molecule has 0 bridgehead atoms. The van der Waals surface area contributed by atoms with Crippen LogP contribution in [0.25, 0.3) is 16.1 Å². The van der Waals surface area contributed by atoms with E-state index in [1.54, 1.807) is 0 Å². The van der Waals surface area contributed by atoms with Crippen LogP contribution in [0.15, 0.2) is 30.0 Å². The summed E-state index contributed by atoms with van der Waals surface area (Å²) in [5.41, 5.74) is 1.59. The Morgan fingerprint density at radius 1 is 1.19 bits per heavy atom. The quantitative estimate of drug-likeness (QED) is 0.750. The molecule has 1 amide bonds. The first kappa shape index (κ1) is 17.6. The van der Waals surface area contributed by atoms with Gasteiger partial charge in [0.05, 0.1) is 5.69 Å². The predicted molar refractivity (Wildman–Crippen MR) is 105 cm³/mol. The third-order valence-electron chi connectivity index (χ3n) is 5.49. The second-order valence-electron chi connectivity index (χ2n) is 7.18. The van der Waals surface area contributed by atoms with Crippen LogP contribution in [0.3, 0.4) is 0 Å². The van der Waals surface area contributed by atoms with Gasteiger partial charge in [-0.3, -0.25) is 4.79 Å². The van der Waals surface area contributed by atoms with Crippen molar-refractivity contribution in [3.05, 3.63) is 45.6 Å². The molecule has 1 saturated carbocycles. The summed E-state index contributed by atoms with van der Waals surface area (Å²) in [7, 11) is 0. The van der Waals surface area contributed by atoms with Crippen molar-refractivity contribution < 1.29 is 9.90 Å². The van der Waals surface area contributed by atoms with Gasteiger partial charge in [-0.25, -0.2) is 4.98 Å². The predicted octanol–water partition coefficient (Wildman–Crippen LogP) is 5.12. The molecular formula is C20H21ClN2O2S. The fourth-order valence-electron chi connectivity index (χ4n) is 4.00. The minimum atomic E-state index is -0.321. The van der Waals surface area contributed by atoms with E-state index in [4.69, 9.17) is 16.6 Å². The van der Waals surface area contributed by atoms with Crippen molar-refractivity contribution in [3.8, 4) is 10.6 Å². The van der Waals surface area contributed by atoms with Gasteiger partial charge in [0.2, 0.25) is 0 Å². The van der Waals surface area contributed by atoms with Crippen LogP contribution in [0.1, 0.15) is 42.7 Å². The van der Waals surface area contributed by atoms with E-state index in [0.29, 0.717) is 22.8 Å². The number of hydrogen-bond acceptors (Lipinski definition) is 4. The monoisotopic (exact) mass is 388 g/mol. The lowest BCUT2D eigenvalue weighted by atomic mass is 9.69. The number of carbonyl (C=O) groups is 1. The normalized spacial score (nSPS) is 19.7. The van der Waals surface area contributed by atoms with Crippen molar-refractivity contribution in [2.24, 2.45) is 5.41 Å². The standard InChI is InChI=1S/C20H21ClN2O2S/c1-12-16(23-19(26-12)13-5-7-14(21)8-6-13)15-17(24)20(11-22-18(15)25)9-3-2-4-10-20/h5-8,24H,2-4,9-11H2,1H3,(H,22,25). The summed E-state index contributed by atoms with van der Waals surface area (Å²) in [5, 5.41) is 15.6. The van der Waals surface area contributed by atoms with E-state index in [9.17, 15) is 9.90 Å². The molecule has 2 aromatic rings. The van der Waals surface area contributed by atoms with Gasteiger partial charge in [0, 0.05) is 27.4 Å². The minimum Gasteiger partial charge on any atom is -0.511 e. The number of aliphatic hydroxyl groups is 1. The van der Waals surface area contributed by atoms with Gasteiger partial charge in [-0.2, -0.15) is 0 Å². The number of thiazole rings is 1. The molecule has 1 aliphatic heterocycles. The first-order chi connectivity index (χ1) is 12.5. The number of nitrogens with zero attached hydrogens (tertiary/aromatic N) is 1. The smallest absolute Gasteiger partial charge is 0.256 e. The van der Waals surface area contributed by atoms with E-state index in [1.165, 1.54) is 17.8 Å². The van der Waals surface area contributed by atoms with Crippen molar-refractivity contribution in [3.63, 3.8) is 0 Å². The number of nitrogens with one attached hydrogen (secondary N) is 1. The molecule has 1 aromatic carbocycles. The van der Waals surface area contributed by atoms with E-state index in [0.717, 1.165) is 41.1 Å². The Labute approximate surface area is 161 Å². The third-order valence-corrected chi connectivity index (χ3v) is 6.76. The Morgan fingerprint density at radius 3 is 2.58 bits per heavy atom. The third kappa shape index (κ3) is 2.93. The topological polar surface area (TPSA) is 62.2 Å². The summed E-state index contributed by atoms with van der Waals surface area (Å²) >= 11 is 7.49. The molecule has 0 saturated heterocycles. The molecule has 26 heavy (non-hydrogen) atoms. The Hall–Kier alpha value is -1.85. The lowest BCUT2D eigenvalue weighted by Gasteiger charge is -2.40. The molecule has 4 nitrogen and oxygen atoms in total. The molecule has 2 N–H and O–H groups in total. The first-order valence-electron chi connectivity index (χ1n) is 8.96. The van der Waals surface area contributed by atoms with Gasteiger partial charge in [0.1, 0.15) is 16.3 Å². The van der Waals surface area contributed by atoms with Crippen molar-refractivity contribution in [2.45, 2.75) is 39.0 Å². The fraction of sp³-hybridized carbons (Fsp3) is 0.400. The van der Waals surface area contributed by atoms with Crippen LogP contribution in [0.4, 0.5) is 0 Å². The van der Waals surface area contributed by atoms with Crippen LogP contribution in [0, 0.1) is 12.3 Å². The molecule has 1 spiro atoms. The molecule has 2 heterocycles. The SMILES string of the molecule is Cc1sc(-c2ccc(Cl)cc2)nc1C1=C(O)C2(CCCCC2)CNC1=O. The average Bonchev–Trinajstić information content (AvgIpc) is 3.02. The number of carbonyl (C=O) groups excluding carboxylic acids is 1. The van der Waals surface area contributed by atoms with Gasteiger partial charge < -0.3 is 10.4 Å². The van der Waals surface area contributed by atoms with Gasteiger partial charge in [0.15, 0.2) is 0 Å². The largest absolute Gasteiger partial charge is 0.511 e. The highest BCUT2D eigenvalue weighted by Gasteiger charge is 2.43. The van der Waals surface area contributed by atoms with E-state index in [2.05, 4.69) is 5.32 Å². The maximum atomic E-state index is 12.6. The van der Waals surface area contributed by atoms with E-state index in [1.807, 2.05) is 31.2 Å². The number of aliphatic hydroxyl groups excluding tert-OH is 1. The van der Waals surface area contributed by atoms with Crippen molar-refractivity contribution in [1.29, 1.82) is 0 Å². The van der Waals surface area contributed by atoms with Crippen LogP contribution < -0.4 is 5.32 Å². The molecule has 6 heteroatoms. The summed E-state index contributed by atoms with van der Waals surface area (Å²) in [6.45, 7) is 2.47. The Balaban J connectivity index is 1.79. The second kappa shape index (κ2) is 6.71. The summed E-state index contributed by atoms with van der Waals surface area (Å²) in [6, 6.07) is 7.49. The summed E-state index contributed by atoms with van der Waals surface area (Å²) < 4.78 is 0. The molecule has 4 rings (SSSR count). The van der Waals surface area contributed by atoms with Crippen LogP contribution in [-0.2, 0) is 4.79 Å². The fourth-order valence-corrected chi connectivity index (χ4v) is 5.05.